The van der Waals surface area contributed by atoms with Crippen molar-refractivity contribution in [2.24, 2.45) is 13.0 Å². The summed E-state index contributed by atoms with van der Waals surface area (Å²) in [4.78, 5) is 31.5. The van der Waals surface area contributed by atoms with E-state index >= 15 is 0 Å². The Morgan fingerprint density at radius 1 is 1.24 bits per heavy atom. The third-order valence-electron chi connectivity index (χ3n) is 6.35. The Morgan fingerprint density at radius 3 is 2.60 bits per heavy atom. The number of esters is 1. The van der Waals surface area contributed by atoms with E-state index in [2.05, 4.69) is 9.55 Å². The second-order valence-electron chi connectivity index (χ2n) is 7.85. The molecule has 1 aromatic heterocycles. The van der Waals surface area contributed by atoms with E-state index in [0.717, 1.165) is 57.4 Å². The number of carbonyl (C=O) groups is 2. The van der Waals surface area contributed by atoms with Gasteiger partial charge < -0.3 is 14.2 Å². The topological polar surface area (TPSA) is 64.4 Å². The maximum Gasteiger partial charge on any atom is 0.307 e. The summed E-state index contributed by atoms with van der Waals surface area (Å²) >= 11 is 0. The van der Waals surface area contributed by atoms with E-state index < -0.39 is 5.60 Å². The molecule has 3 fully saturated rings. The van der Waals surface area contributed by atoms with Crippen molar-refractivity contribution in [3.63, 3.8) is 0 Å². The fourth-order valence-electron chi connectivity index (χ4n) is 4.95. The average Bonchev–Trinajstić information content (AvgIpc) is 3.18. The number of carbonyl (C=O) groups excluding carboxylic acids is 2. The highest BCUT2D eigenvalue weighted by Crippen LogP contribution is 2.45. The summed E-state index contributed by atoms with van der Waals surface area (Å²) in [5.74, 6) is 1.18. The molecule has 0 unspecified atom stereocenters. The second-order valence-corrected chi connectivity index (χ2v) is 7.85. The Hall–Kier alpha value is -1.85. The van der Waals surface area contributed by atoms with Crippen molar-refractivity contribution in [3.8, 4) is 0 Å². The Morgan fingerprint density at radius 2 is 1.96 bits per heavy atom. The maximum absolute atomic E-state index is 13.2. The molecule has 3 heterocycles. The van der Waals surface area contributed by atoms with Gasteiger partial charge in [0.15, 0.2) is 0 Å². The number of rotatable bonds is 2. The molecule has 0 aromatic carbocycles. The van der Waals surface area contributed by atoms with Gasteiger partial charge in [-0.05, 0) is 38.5 Å². The minimum Gasteiger partial charge on any atom is -0.458 e. The first-order chi connectivity index (χ1) is 12.1. The fourth-order valence-corrected chi connectivity index (χ4v) is 4.95. The summed E-state index contributed by atoms with van der Waals surface area (Å²) in [6.45, 7) is 1.49. The lowest BCUT2D eigenvalue weighted by atomic mass is 9.75. The summed E-state index contributed by atoms with van der Waals surface area (Å²) in [7, 11) is 2.02. The van der Waals surface area contributed by atoms with Crippen molar-refractivity contribution in [2.45, 2.75) is 62.9 Å². The monoisotopic (exact) mass is 345 g/mol. The van der Waals surface area contributed by atoms with E-state index in [9.17, 15) is 9.59 Å². The number of aryl methyl sites for hydroxylation is 1. The van der Waals surface area contributed by atoms with Crippen molar-refractivity contribution < 1.29 is 14.3 Å². The number of aromatic nitrogens is 2. The van der Waals surface area contributed by atoms with Gasteiger partial charge in [0, 0.05) is 38.4 Å². The third-order valence-corrected chi connectivity index (χ3v) is 6.35. The molecule has 3 aliphatic rings. The van der Waals surface area contributed by atoms with Crippen LogP contribution in [0, 0.1) is 5.92 Å². The molecule has 4 rings (SSSR count). The highest BCUT2D eigenvalue weighted by Gasteiger charge is 2.53. The zero-order chi connectivity index (χ0) is 17.4. The summed E-state index contributed by atoms with van der Waals surface area (Å²) in [6, 6.07) is 0. The predicted octanol–water partition coefficient (Wildman–Crippen LogP) is 2.39. The van der Waals surface area contributed by atoms with Crippen molar-refractivity contribution in [1.29, 1.82) is 0 Å². The predicted molar refractivity (Wildman–Crippen MR) is 91.8 cm³/mol. The van der Waals surface area contributed by atoms with E-state index in [1.165, 1.54) is 6.42 Å². The Bertz CT molecular complexity index is 655. The number of hydrogen-bond acceptors (Lipinski definition) is 4. The lowest BCUT2D eigenvalue weighted by Gasteiger charge is -2.39. The molecule has 1 amide bonds. The van der Waals surface area contributed by atoms with Crippen LogP contribution in [0.5, 0.6) is 0 Å². The minimum absolute atomic E-state index is 0.131. The molecule has 0 radical (unpaired) electrons. The van der Waals surface area contributed by atoms with E-state index in [1.54, 1.807) is 0 Å². The van der Waals surface area contributed by atoms with Gasteiger partial charge in [-0.2, -0.15) is 0 Å². The van der Waals surface area contributed by atoms with E-state index in [-0.39, 0.29) is 24.2 Å². The molecule has 2 aliphatic heterocycles. The van der Waals surface area contributed by atoms with Gasteiger partial charge in [-0.1, -0.05) is 6.42 Å². The lowest BCUT2D eigenvalue weighted by Crippen LogP contribution is -2.49. The van der Waals surface area contributed by atoms with Crippen LogP contribution in [-0.2, 0) is 21.4 Å². The van der Waals surface area contributed by atoms with E-state index in [1.807, 2.05) is 24.3 Å². The lowest BCUT2D eigenvalue weighted by molar-refractivity contribution is -0.156. The van der Waals surface area contributed by atoms with Gasteiger partial charge >= 0.3 is 5.97 Å². The van der Waals surface area contributed by atoms with Crippen molar-refractivity contribution in [3.05, 3.63) is 18.2 Å². The van der Waals surface area contributed by atoms with Crippen LogP contribution in [0.4, 0.5) is 0 Å². The molecule has 25 heavy (non-hydrogen) atoms. The van der Waals surface area contributed by atoms with Gasteiger partial charge in [0.25, 0.3) is 0 Å². The van der Waals surface area contributed by atoms with Gasteiger partial charge in [-0.15, -0.1) is 0 Å². The van der Waals surface area contributed by atoms with Crippen molar-refractivity contribution in [2.75, 3.05) is 13.1 Å². The summed E-state index contributed by atoms with van der Waals surface area (Å²) < 4.78 is 7.78. The molecular weight excluding hydrogens is 318 g/mol. The summed E-state index contributed by atoms with van der Waals surface area (Å²) in [6.07, 6.45) is 10.9. The molecule has 0 N–H and O–H groups in total. The zero-order valence-electron chi connectivity index (χ0n) is 14.9. The highest BCUT2D eigenvalue weighted by molar-refractivity contribution is 5.88. The van der Waals surface area contributed by atoms with Gasteiger partial charge in [0.05, 0.1) is 12.3 Å². The first-order valence-corrected chi connectivity index (χ1v) is 9.57. The Labute approximate surface area is 148 Å². The SMILES string of the molecule is Cn1ccnc1C1CCN(C(=O)[C@H]2CC(=O)OC23CCCCC3)CC1. The molecule has 1 atom stereocenters. The largest absolute Gasteiger partial charge is 0.458 e. The summed E-state index contributed by atoms with van der Waals surface area (Å²) in [5, 5.41) is 0. The standard InChI is InChI=1S/C19H27N3O3/c1-21-12-9-20-17(21)14-5-10-22(11-6-14)18(24)15-13-16(23)25-19(15)7-3-2-4-8-19/h9,12,14-15H,2-8,10-11,13H2,1H3/t15-/m1/s1. The molecular formula is C19H27N3O3. The van der Waals surface area contributed by atoms with Crippen molar-refractivity contribution >= 4 is 11.9 Å². The van der Waals surface area contributed by atoms with Crippen LogP contribution in [-0.4, -0.2) is 45.0 Å². The van der Waals surface area contributed by atoms with Crippen LogP contribution in [0.3, 0.4) is 0 Å². The first-order valence-electron chi connectivity index (χ1n) is 9.57. The van der Waals surface area contributed by atoms with Gasteiger partial charge in [-0.25, -0.2) is 4.98 Å². The first kappa shape index (κ1) is 16.6. The van der Waals surface area contributed by atoms with Gasteiger partial charge in [0.2, 0.25) is 5.91 Å². The molecule has 1 aromatic rings. The molecule has 6 heteroatoms. The van der Waals surface area contributed by atoms with Crippen LogP contribution in [0.25, 0.3) is 0 Å². The molecule has 1 saturated carbocycles. The number of ether oxygens (including phenoxy) is 1. The average molecular weight is 345 g/mol. The number of piperidine rings is 1. The smallest absolute Gasteiger partial charge is 0.307 e. The zero-order valence-corrected chi connectivity index (χ0v) is 14.9. The Balaban J connectivity index is 1.43. The highest BCUT2D eigenvalue weighted by atomic mass is 16.6. The normalized spacial score (nSPS) is 26.8. The molecule has 1 aliphatic carbocycles. The molecule has 0 bridgehead atoms. The van der Waals surface area contributed by atoms with E-state index in [4.69, 9.17) is 4.74 Å². The second kappa shape index (κ2) is 6.46. The van der Waals surface area contributed by atoms with Crippen LogP contribution in [0.2, 0.25) is 0 Å². The van der Waals surface area contributed by atoms with Gasteiger partial charge in [0.1, 0.15) is 11.4 Å². The fraction of sp³-hybridized carbons (Fsp3) is 0.737. The quantitative estimate of drug-likeness (QED) is 0.772. The van der Waals surface area contributed by atoms with E-state index in [0.29, 0.717) is 5.92 Å². The van der Waals surface area contributed by atoms with Gasteiger partial charge in [-0.3, -0.25) is 9.59 Å². The number of imidazole rings is 1. The number of amides is 1. The Kier molecular flexibility index (Phi) is 4.29. The maximum atomic E-state index is 13.2. The van der Waals surface area contributed by atoms with Crippen LogP contribution in [0.1, 0.15) is 63.1 Å². The van der Waals surface area contributed by atoms with Crippen LogP contribution >= 0.6 is 0 Å². The summed E-state index contributed by atoms with van der Waals surface area (Å²) in [5.41, 5.74) is -0.511. The molecule has 136 valence electrons. The van der Waals surface area contributed by atoms with Crippen molar-refractivity contribution in [1.82, 2.24) is 14.5 Å². The number of likely N-dealkylation sites (tertiary alicyclic amines) is 1. The van der Waals surface area contributed by atoms with Crippen LogP contribution < -0.4 is 0 Å². The number of hydrogen-bond donors (Lipinski definition) is 0. The third kappa shape index (κ3) is 2.96. The van der Waals surface area contributed by atoms with Crippen LogP contribution in [0.15, 0.2) is 12.4 Å². The molecule has 1 spiro atoms. The number of nitrogens with zero attached hydrogens (tertiary/aromatic N) is 3. The molecule has 6 nitrogen and oxygen atoms in total. The minimum atomic E-state index is -0.511. The molecule has 2 saturated heterocycles.